The van der Waals surface area contributed by atoms with Gasteiger partial charge in [0.15, 0.2) is 0 Å². The van der Waals surface area contributed by atoms with Crippen LogP contribution in [0.15, 0.2) is 12.1 Å². The number of hydrogen-bond acceptors (Lipinski definition) is 3. The van der Waals surface area contributed by atoms with Gasteiger partial charge in [0.1, 0.15) is 5.75 Å². The number of rotatable bonds is 2. The zero-order valence-corrected chi connectivity index (χ0v) is 12.5. The molecular formula is C16H24O3. The maximum absolute atomic E-state index is 11.0. The van der Waals surface area contributed by atoms with Crippen molar-refractivity contribution in [2.45, 2.75) is 51.7 Å². The smallest absolute Gasteiger partial charge is 0.122 e. The molecule has 0 spiro atoms. The lowest BCUT2D eigenvalue weighted by atomic mass is 9.77. The predicted molar refractivity (Wildman–Crippen MR) is 75.6 cm³/mol. The Kier molecular flexibility index (Phi) is 3.63. The Labute approximate surface area is 115 Å². The third-order valence-corrected chi connectivity index (χ3v) is 3.97. The Morgan fingerprint density at radius 2 is 1.89 bits per heavy atom. The van der Waals surface area contributed by atoms with Crippen LogP contribution in [0.2, 0.25) is 0 Å². The molecule has 1 atom stereocenters. The van der Waals surface area contributed by atoms with E-state index in [4.69, 9.17) is 9.47 Å². The molecule has 1 aromatic carbocycles. The van der Waals surface area contributed by atoms with E-state index in [0.29, 0.717) is 19.4 Å². The first-order valence-corrected chi connectivity index (χ1v) is 6.79. The van der Waals surface area contributed by atoms with Gasteiger partial charge in [0, 0.05) is 12.8 Å². The van der Waals surface area contributed by atoms with Crippen LogP contribution in [0.25, 0.3) is 0 Å². The van der Waals surface area contributed by atoms with Gasteiger partial charge in [-0.2, -0.15) is 0 Å². The minimum atomic E-state index is -0.803. The summed E-state index contributed by atoms with van der Waals surface area (Å²) >= 11 is 0. The number of aliphatic hydroxyl groups is 1. The SMILES string of the molecule is COc1cc(C)c(C2(O)CCOC(C)(C)C2)cc1C. The van der Waals surface area contributed by atoms with E-state index in [1.165, 1.54) is 0 Å². The van der Waals surface area contributed by atoms with Crippen molar-refractivity contribution in [2.75, 3.05) is 13.7 Å². The maximum Gasteiger partial charge on any atom is 0.122 e. The van der Waals surface area contributed by atoms with Crippen LogP contribution in [0.5, 0.6) is 5.75 Å². The molecule has 2 rings (SSSR count). The van der Waals surface area contributed by atoms with Crippen LogP contribution in [-0.2, 0) is 10.3 Å². The van der Waals surface area contributed by atoms with Crippen LogP contribution in [0.1, 0.15) is 43.4 Å². The molecule has 19 heavy (non-hydrogen) atoms. The van der Waals surface area contributed by atoms with E-state index in [9.17, 15) is 5.11 Å². The van der Waals surface area contributed by atoms with Gasteiger partial charge in [-0.15, -0.1) is 0 Å². The molecule has 0 amide bonds. The molecule has 0 bridgehead atoms. The molecular weight excluding hydrogens is 240 g/mol. The number of hydrogen-bond donors (Lipinski definition) is 1. The highest BCUT2D eigenvalue weighted by Gasteiger charge is 2.41. The standard InChI is InChI=1S/C16H24O3/c1-11-9-14(18-5)12(2)8-13(11)16(17)6-7-19-15(3,4)10-16/h8-9,17H,6-7,10H2,1-5H3. The Morgan fingerprint density at radius 3 is 2.47 bits per heavy atom. The van der Waals surface area contributed by atoms with Crippen molar-refractivity contribution in [1.29, 1.82) is 0 Å². The highest BCUT2D eigenvalue weighted by atomic mass is 16.5. The number of methoxy groups -OCH3 is 1. The van der Waals surface area contributed by atoms with Crippen molar-refractivity contribution in [2.24, 2.45) is 0 Å². The summed E-state index contributed by atoms with van der Waals surface area (Å²) in [6.07, 6.45) is 1.26. The molecule has 3 nitrogen and oxygen atoms in total. The zero-order valence-electron chi connectivity index (χ0n) is 12.5. The quantitative estimate of drug-likeness (QED) is 0.892. The lowest BCUT2D eigenvalue weighted by Crippen LogP contribution is -2.44. The molecule has 1 fully saturated rings. The Morgan fingerprint density at radius 1 is 1.21 bits per heavy atom. The molecule has 106 valence electrons. The zero-order chi connectivity index (χ0) is 14.3. The second-order valence-corrected chi connectivity index (χ2v) is 6.20. The van der Waals surface area contributed by atoms with Crippen LogP contribution < -0.4 is 4.74 Å². The molecule has 0 saturated carbocycles. The van der Waals surface area contributed by atoms with Crippen LogP contribution in [0, 0.1) is 13.8 Å². The van der Waals surface area contributed by atoms with Crippen molar-refractivity contribution < 1.29 is 14.6 Å². The average Bonchev–Trinajstić information content (AvgIpc) is 2.29. The second kappa shape index (κ2) is 4.80. The van der Waals surface area contributed by atoms with E-state index in [0.717, 1.165) is 22.4 Å². The van der Waals surface area contributed by atoms with Gasteiger partial charge in [0.25, 0.3) is 0 Å². The van der Waals surface area contributed by atoms with Gasteiger partial charge in [-0.05, 0) is 56.5 Å². The minimum Gasteiger partial charge on any atom is -0.496 e. The largest absolute Gasteiger partial charge is 0.496 e. The third kappa shape index (κ3) is 2.77. The molecule has 0 radical (unpaired) electrons. The molecule has 1 saturated heterocycles. The van der Waals surface area contributed by atoms with E-state index in [2.05, 4.69) is 6.07 Å². The summed E-state index contributed by atoms with van der Waals surface area (Å²) in [5.74, 6) is 0.871. The first-order valence-electron chi connectivity index (χ1n) is 6.79. The van der Waals surface area contributed by atoms with Crippen molar-refractivity contribution >= 4 is 0 Å². The van der Waals surface area contributed by atoms with Gasteiger partial charge in [0.05, 0.1) is 24.9 Å². The third-order valence-electron chi connectivity index (χ3n) is 3.97. The van der Waals surface area contributed by atoms with E-state index in [1.54, 1.807) is 7.11 Å². The number of ether oxygens (including phenoxy) is 2. The molecule has 0 aliphatic carbocycles. The van der Waals surface area contributed by atoms with Crippen LogP contribution in [0.3, 0.4) is 0 Å². The lowest BCUT2D eigenvalue weighted by molar-refractivity contribution is -0.148. The summed E-state index contributed by atoms with van der Waals surface area (Å²) in [6.45, 7) is 8.69. The summed E-state index contributed by atoms with van der Waals surface area (Å²) in [6, 6.07) is 4.06. The first kappa shape index (κ1) is 14.4. The predicted octanol–water partition coefficient (Wildman–Crippen LogP) is 3.09. The van der Waals surface area contributed by atoms with Gasteiger partial charge >= 0.3 is 0 Å². The van der Waals surface area contributed by atoms with Gasteiger partial charge in [-0.3, -0.25) is 0 Å². The Bertz CT molecular complexity index is 479. The topological polar surface area (TPSA) is 38.7 Å². The Hall–Kier alpha value is -1.06. The summed E-state index contributed by atoms with van der Waals surface area (Å²) in [5.41, 5.74) is 2.04. The highest BCUT2D eigenvalue weighted by molar-refractivity contribution is 5.44. The molecule has 1 aliphatic rings. The van der Waals surface area contributed by atoms with Crippen molar-refractivity contribution in [3.8, 4) is 5.75 Å². The molecule has 1 heterocycles. The lowest BCUT2D eigenvalue weighted by Gasteiger charge is -2.42. The van der Waals surface area contributed by atoms with Gasteiger partial charge in [-0.25, -0.2) is 0 Å². The molecule has 0 aromatic heterocycles. The molecule has 1 aromatic rings. The first-order chi connectivity index (χ1) is 8.77. The number of aryl methyl sites for hydroxylation is 2. The normalized spacial score (nSPS) is 26.2. The van der Waals surface area contributed by atoms with E-state index >= 15 is 0 Å². The van der Waals surface area contributed by atoms with Crippen molar-refractivity contribution in [1.82, 2.24) is 0 Å². The fourth-order valence-corrected chi connectivity index (χ4v) is 3.08. The minimum absolute atomic E-state index is 0.284. The van der Waals surface area contributed by atoms with Crippen molar-refractivity contribution in [3.63, 3.8) is 0 Å². The second-order valence-electron chi connectivity index (χ2n) is 6.20. The summed E-state index contributed by atoms with van der Waals surface area (Å²) in [4.78, 5) is 0. The van der Waals surface area contributed by atoms with E-state index in [-0.39, 0.29) is 5.60 Å². The molecule has 1 unspecified atom stereocenters. The van der Waals surface area contributed by atoms with Crippen LogP contribution >= 0.6 is 0 Å². The fourth-order valence-electron chi connectivity index (χ4n) is 3.08. The fraction of sp³-hybridized carbons (Fsp3) is 0.625. The molecule has 1 N–H and O–H groups in total. The van der Waals surface area contributed by atoms with Crippen LogP contribution in [-0.4, -0.2) is 24.4 Å². The summed E-state index contributed by atoms with van der Waals surface area (Å²) in [5, 5.41) is 11.0. The average molecular weight is 264 g/mol. The van der Waals surface area contributed by atoms with Gasteiger partial charge in [0.2, 0.25) is 0 Å². The van der Waals surface area contributed by atoms with Gasteiger partial charge in [-0.1, -0.05) is 0 Å². The maximum atomic E-state index is 11.0. The molecule has 1 aliphatic heterocycles. The monoisotopic (exact) mass is 264 g/mol. The Balaban J connectivity index is 2.43. The van der Waals surface area contributed by atoms with E-state index in [1.807, 2.05) is 33.8 Å². The van der Waals surface area contributed by atoms with Crippen LogP contribution in [0.4, 0.5) is 0 Å². The summed E-state index contributed by atoms with van der Waals surface area (Å²) < 4.78 is 11.0. The number of benzene rings is 1. The summed E-state index contributed by atoms with van der Waals surface area (Å²) in [7, 11) is 1.67. The highest BCUT2D eigenvalue weighted by Crippen LogP contribution is 2.41. The van der Waals surface area contributed by atoms with Crippen molar-refractivity contribution in [3.05, 3.63) is 28.8 Å². The van der Waals surface area contributed by atoms with E-state index < -0.39 is 5.60 Å². The molecule has 3 heteroatoms. The van der Waals surface area contributed by atoms with Gasteiger partial charge < -0.3 is 14.6 Å².